The highest BCUT2D eigenvalue weighted by Crippen LogP contribution is 2.24. The third-order valence-corrected chi connectivity index (χ3v) is 4.78. The van der Waals surface area contributed by atoms with Crippen LogP contribution < -0.4 is 0 Å². The van der Waals surface area contributed by atoms with Crippen molar-refractivity contribution in [3.63, 3.8) is 0 Å². The maximum atomic E-state index is 12.8. The number of aromatic nitrogens is 6. The van der Waals surface area contributed by atoms with E-state index in [0.717, 1.165) is 25.9 Å². The molecule has 8 nitrogen and oxygen atoms in total. The number of thiazole rings is 1. The third-order valence-electron chi connectivity index (χ3n) is 3.94. The highest BCUT2D eigenvalue weighted by molar-refractivity contribution is 7.13. The molecule has 1 fully saturated rings. The number of rotatable bonds is 4. The van der Waals surface area contributed by atoms with Gasteiger partial charge in [-0.3, -0.25) is 14.6 Å². The molecule has 1 N–H and O–H groups in total. The lowest BCUT2D eigenvalue weighted by Gasteiger charge is -2.23. The van der Waals surface area contributed by atoms with E-state index >= 15 is 0 Å². The van der Waals surface area contributed by atoms with Crippen molar-refractivity contribution in [1.29, 1.82) is 0 Å². The monoisotopic (exact) mass is 329 g/mol. The number of nitrogens with one attached hydrogen (secondary N) is 1. The lowest BCUT2D eigenvalue weighted by atomic mass is 10.2. The van der Waals surface area contributed by atoms with E-state index in [9.17, 15) is 4.79 Å². The Balaban J connectivity index is 1.51. The molecule has 1 saturated heterocycles. The standard InChI is InChI=1S/C14H15N7OS/c22-14(11-8-23-13(18-11)12-15-9-16-19-12)21-6-1-3-10(21)7-20-5-2-4-17-20/h2,4-5,8-10H,1,3,6-7H2,(H,15,16,19)/t10-/m0/s1. The van der Waals surface area contributed by atoms with Crippen LogP contribution in [0.15, 0.2) is 30.2 Å². The third kappa shape index (κ3) is 2.74. The molecule has 23 heavy (non-hydrogen) atoms. The lowest BCUT2D eigenvalue weighted by molar-refractivity contribution is 0.0716. The van der Waals surface area contributed by atoms with Gasteiger partial charge in [0.15, 0.2) is 10.8 Å². The highest BCUT2D eigenvalue weighted by Gasteiger charge is 2.31. The summed E-state index contributed by atoms with van der Waals surface area (Å²) in [5.74, 6) is 0.560. The summed E-state index contributed by atoms with van der Waals surface area (Å²) in [5.41, 5.74) is 0.466. The van der Waals surface area contributed by atoms with E-state index in [2.05, 4.69) is 25.3 Å². The molecule has 4 heterocycles. The van der Waals surface area contributed by atoms with Crippen molar-refractivity contribution >= 4 is 17.2 Å². The van der Waals surface area contributed by atoms with Crippen LogP contribution in [0.2, 0.25) is 0 Å². The molecule has 1 aliphatic rings. The van der Waals surface area contributed by atoms with Crippen LogP contribution in [-0.2, 0) is 6.54 Å². The maximum Gasteiger partial charge on any atom is 0.273 e. The van der Waals surface area contributed by atoms with E-state index in [0.29, 0.717) is 16.5 Å². The van der Waals surface area contributed by atoms with Crippen molar-refractivity contribution in [3.8, 4) is 10.8 Å². The lowest BCUT2D eigenvalue weighted by Crippen LogP contribution is -2.38. The second-order valence-electron chi connectivity index (χ2n) is 5.39. The minimum atomic E-state index is -0.0262. The SMILES string of the molecule is O=C(c1csc(-c2ncn[nH]2)n1)N1CCC[C@H]1Cn1cccn1. The maximum absolute atomic E-state index is 12.8. The van der Waals surface area contributed by atoms with Crippen molar-refractivity contribution < 1.29 is 4.79 Å². The van der Waals surface area contributed by atoms with Crippen molar-refractivity contribution in [3.05, 3.63) is 35.9 Å². The zero-order valence-electron chi connectivity index (χ0n) is 12.3. The van der Waals surface area contributed by atoms with Gasteiger partial charge in [-0.2, -0.15) is 10.2 Å². The number of hydrogen-bond acceptors (Lipinski definition) is 6. The van der Waals surface area contributed by atoms with Crippen LogP contribution in [0.1, 0.15) is 23.3 Å². The zero-order valence-corrected chi connectivity index (χ0v) is 13.1. The second-order valence-corrected chi connectivity index (χ2v) is 6.25. The van der Waals surface area contributed by atoms with E-state index in [-0.39, 0.29) is 11.9 Å². The fraction of sp³-hybridized carbons (Fsp3) is 0.357. The number of likely N-dealkylation sites (tertiary alicyclic amines) is 1. The number of hydrogen-bond donors (Lipinski definition) is 1. The van der Waals surface area contributed by atoms with Crippen LogP contribution in [0, 0.1) is 0 Å². The summed E-state index contributed by atoms with van der Waals surface area (Å²) in [4.78, 5) is 23.1. The molecule has 3 aromatic heterocycles. The van der Waals surface area contributed by atoms with Crippen LogP contribution in [0.3, 0.4) is 0 Å². The van der Waals surface area contributed by atoms with E-state index in [1.54, 1.807) is 11.6 Å². The first-order valence-electron chi connectivity index (χ1n) is 7.41. The van der Waals surface area contributed by atoms with Crippen LogP contribution in [0.4, 0.5) is 0 Å². The predicted octanol–water partition coefficient (Wildman–Crippen LogP) is 1.43. The van der Waals surface area contributed by atoms with Gasteiger partial charge in [-0.1, -0.05) is 0 Å². The normalized spacial score (nSPS) is 17.7. The van der Waals surface area contributed by atoms with Gasteiger partial charge in [0.1, 0.15) is 12.0 Å². The average molecular weight is 329 g/mol. The topological polar surface area (TPSA) is 92.6 Å². The van der Waals surface area contributed by atoms with Gasteiger partial charge in [-0.15, -0.1) is 11.3 Å². The number of carbonyl (C=O) groups is 1. The summed E-state index contributed by atoms with van der Waals surface area (Å²) in [6.45, 7) is 1.48. The van der Waals surface area contributed by atoms with Crippen molar-refractivity contribution in [2.75, 3.05) is 6.54 Å². The van der Waals surface area contributed by atoms with Crippen molar-refractivity contribution in [2.24, 2.45) is 0 Å². The van der Waals surface area contributed by atoms with Gasteiger partial charge < -0.3 is 4.90 Å². The predicted molar refractivity (Wildman–Crippen MR) is 83.8 cm³/mol. The summed E-state index contributed by atoms with van der Waals surface area (Å²) >= 11 is 1.39. The largest absolute Gasteiger partial charge is 0.332 e. The Labute approximate surface area is 136 Å². The Hall–Kier alpha value is -2.55. The molecule has 0 spiro atoms. The van der Waals surface area contributed by atoms with Gasteiger partial charge in [0.05, 0.1) is 12.6 Å². The summed E-state index contributed by atoms with van der Waals surface area (Å²) in [7, 11) is 0. The molecule has 1 atom stereocenters. The molecule has 0 unspecified atom stereocenters. The van der Waals surface area contributed by atoms with Gasteiger partial charge in [0, 0.05) is 24.3 Å². The van der Waals surface area contributed by atoms with Crippen molar-refractivity contribution in [1.82, 2.24) is 34.8 Å². The number of carbonyl (C=O) groups excluding carboxylic acids is 1. The minimum Gasteiger partial charge on any atom is -0.332 e. The van der Waals surface area contributed by atoms with Crippen molar-refractivity contribution in [2.45, 2.75) is 25.4 Å². The summed E-state index contributed by atoms with van der Waals surface area (Å²) < 4.78 is 1.87. The molecule has 3 aromatic rings. The second kappa shape index (κ2) is 5.92. The van der Waals surface area contributed by atoms with Gasteiger partial charge in [-0.25, -0.2) is 9.97 Å². The molecule has 0 radical (unpaired) electrons. The Morgan fingerprint density at radius 1 is 1.48 bits per heavy atom. The Morgan fingerprint density at radius 2 is 2.43 bits per heavy atom. The summed E-state index contributed by atoms with van der Waals surface area (Å²) in [5, 5.41) is 13.3. The fourth-order valence-corrected chi connectivity index (χ4v) is 3.59. The smallest absolute Gasteiger partial charge is 0.273 e. The molecule has 0 saturated carbocycles. The molecule has 4 rings (SSSR count). The van der Waals surface area contributed by atoms with Crippen LogP contribution >= 0.6 is 11.3 Å². The molecular weight excluding hydrogens is 314 g/mol. The minimum absolute atomic E-state index is 0.0262. The van der Waals surface area contributed by atoms with E-state index < -0.39 is 0 Å². The van der Waals surface area contributed by atoms with E-state index in [1.807, 2.05) is 21.8 Å². The summed E-state index contributed by atoms with van der Waals surface area (Å²) in [6.07, 6.45) is 7.11. The number of H-pyrrole nitrogens is 1. The van der Waals surface area contributed by atoms with Gasteiger partial charge in [0.2, 0.25) is 0 Å². The van der Waals surface area contributed by atoms with Crippen LogP contribution in [-0.4, -0.2) is 53.3 Å². The number of amides is 1. The molecule has 0 bridgehead atoms. The molecule has 9 heteroatoms. The molecule has 1 aliphatic heterocycles. The Morgan fingerprint density at radius 3 is 3.22 bits per heavy atom. The van der Waals surface area contributed by atoms with Crippen LogP contribution in [0.25, 0.3) is 10.8 Å². The van der Waals surface area contributed by atoms with E-state index in [4.69, 9.17) is 0 Å². The first kappa shape index (κ1) is 14.1. The van der Waals surface area contributed by atoms with Gasteiger partial charge >= 0.3 is 0 Å². The van der Waals surface area contributed by atoms with Gasteiger partial charge in [-0.05, 0) is 18.9 Å². The molecule has 118 valence electrons. The first-order valence-corrected chi connectivity index (χ1v) is 8.29. The molecule has 0 aromatic carbocycles. The van der Waals surface area contributed by atoms with E-state index in [1.165, 1.54) is 17.7 Å². The first-order chi connectivity index (χ1) is 11.3. The van der Waals surface area contributed by atoms with Gasteiger partial charge in [0.25, 0.3) is 5.91 Å². The summed E-state index contributed by atoms with van der Waals surface area (Å²) in [6, 6.07) is 2.06. The Bertz CT molecular complexity index is 780. The molecule has 0 aliphatic carbocycles. The molecular formula is C14H15N7OS. The Kier molecular flexibility index (Phi) is 3.62. The zero-order chi connectivity index (χ0) is 15.6. The fourth-order valence-electron chi connectivity index (χ4n) is 2.85. The quantitative estimate of drug-likeness (QED) is 0.781. The number of aromatic amines is 1. The number of nitrogens with zero attached hydrogens (tertiary/aromatic N) is 6. The average Bonchev–Trinajstić information content (AvgIpc) is 3.33. The van der Waals surface area contributed by atoms with Crippen LogP contribution in [0.5, 0.6) is 0 Å². The molecule has 1 amide bonds. The highest BCUT2D eigenvalue weighted by atomic mass is 32.1.